The molecule has 1 saturated carbocycles. The van der Waals surface area contributed by atoms with Crippen molar-refractivity contribution in [1.82, 2.24) is 15.3 Å². The van der Waals surface area contributed by atoms with E-state index in [0.29, 0.717) is 5.92 Å². The molecule has 6 aliphatic rings. The van der Waals surface area contributed by atoms with E-state index in [2.05, 4.69) is 24.3 Å². The van der Waals surface area contributed by atoms with Crippen LogP contribution in [0.3, 0.4) is 0 Å². The van der Waals surface area contributed by atoms with Crippen LogP contribution in [0.25, 0.3) is 0 Å². The lowest BCUT2D eigenvalue weighted by atomic mass is 9.58. The van der Waals surface area contributed by atoms with Gasteiger partial charge in [-0.05, 0) is 45.1 Å². The molecule has 5 saturated heterocycles. The van der Waals surface area contributed by atoms with E-state index in [1.54, 1.807) is 0 Å². The Kier molecular flexibility index (Phi) is 6.67. The van der Waals surface area contributed by atoms with Gasteiger partial charge in [-0.15, -0.1) is 0 Å². The SMILES string of the molecule is C[C@H]1[C@H](OC(=O)CCC(=O)NN2CCN(C)CC2)O[C@@H]2O[C@@]3(C)CC[C@@H]4[C@H](C)CC[C@H]1[C@@]24OO3. The first-order chi connectivity index (χ1) is 16.2. The van der Waals surface area contributed by atoms with Crippen molar-refractivity contribution in [3.05, 3.63) is 0 Å². The second-order valence-electron chi connectivity index (χ2n) is 11.1. The normalized spacial score (nSPS) is 44.7. The highest BCUT2D eigenvalue weighted by Crippen LogP contribution is 2.60. The Hall–Kier alpha value is -1.30. The van der Waals surface area contributed by atoms with E-state index in [-0.39, 0.29) is 36.5 Å². The minimum atomic E-state index is -0.867. The molecule has 1 N–H and O–H groups in total. The van der Waals surface area contributed by atoms with E-state index in [0.717, 1.165) is 51.9 Å². The molecule has 34 heavy (non-hydrogen) atoms. The molecule has 1 spiro atoms. The molecule has 0 radical (unpaired) electrons. The van der Waals surface area contributed by atoms with Crippen molar-refractivity contribution in [3.63, 3.8) is 0 Å². The molecular formula is C24H39N3O7. The van der Waals surface area contributed by atoms with Gasteiger partial charge in [0.1, 0.15) is 0 Å². The quantitative estimate of drug-likeness (QED) is 0.465. The number of carbonyl (C=O) groups excluding carboxylic acids is 2. The molecule has 6 fully saturated rings. The molecule has 5 aliphatic heterocycles. The third-order valence-corrected chi connectivity index (χ3v) is 8.69. The third-order valence-electron chi connectivity index (χ3n) is 8.69. The fraction of sp³-hybridized carbons (Fsp3) is 0.917. The molecule has 0 aromatic carbocycles. The molecular weight excluding hydrogens is 442 g/mol. The average Bonchev–Trinajstić information content (AvgIpc) is 3.03. The van der Waals surface area contributed by atoms with Crippen LogP contribution < -0.4 is 5.43 Å². The van der Waals surface area contributed by atoms with Crippen LogP contribution in [0.15, 0.2) is 0 Å². The Bertz CT molecular complexity index is 791. The molecule has 0 aromatic heterocycles. The number of hydrazine groups is 1. The second-order valence-corrected chi connectivity index (χ2v) is 11.1. The third kappa shape index (κ3) is 4.37. The van der Waals surface area contributed by atoms with E-state index in [9.17, 15) is 9.59 Å². The lowest BCUT2D eigenvalue weighted by Crippen LogP contribution is -2.70. The summed E-state index contributed by atoms with van der Waals surface area (Å²) >= 11 is 0. The van der Waals surface area contributed by atoms with Gasteiger partial charge in [0.15, 0.2) is 11.9 Å². The van der Waals surface area contributed by atoms with E-state index >= 15 is 0 Å². The monoisotopic (exact) mass is 481 g/mol. The van der Waals surface area contributed by atoms with Crippen LogP contribution in [0.2, 0.25) is 0 Å². The topological polar surface area (TPSA) is 98.8 Å². The van der Waals surface area contributed by atoms with Gasteiger partial charge in [0, 0.05) is 50.9 Å². The van der Waals surface area contributed by atoms with E-state index in [4.69, 9.17) is 24.0 Å². The van der Waals surface area contributed by atoms with Crippen LogP contribution in [-0.2, 0) is 33.6 Å². The van der Waals surface area contributed by atoms with Crippen LogP contribution in [0.4, 0.5) is 0 Å². The fourth-order valence-electron chi connectivity index (χ4n) is 6.56. The number of likely N-dealkylation sites (N-methyl/N-ethyl adjacent to an activating group) is 1. The fourth-order valence-corrected chi connectivity index (χ4v) is 6.56. The molecule has 0 unspecified atom stereocenters. The molecule has 10 heteroatoms. The van der Waals surface area contributed by atoms with Crippen LogP contribution in [0, 0.1) is 23.7 Å². The van der Waals surface area contributed by atoms with Gasteiger partial charge in [-0.25, -0.2) is 14.8 Å². The van der Waals surface area contributed by atoms with Gasteiger partial charge >= 0.3 is 5.97 Å². The molecule has 0 aromatic rings. The summed E-state index contributed by atoms with van der Waals surface area (Å²) in [6, 6.07) is 0. The molecule has 8 atom stereocenters. The maximum absolute atomic E-state index is 12.7. The van der Waals surface area contributed by atoms with Crippen molar-refractivity contribution in [2.75, 3.05) is 33.2 Å². The molecule has 5 heterocycles. The van der Waals surface area contributed by atoms with E-state index < -0.39 is 29.9 Å². The van der Waals surface area contributed by atoms with Crippen molar-refractivity contribution < 1.29 is 33.6 Å². The van der Waals surface area contributed by atoms with Crippen molar-refractivity contribution in [2.24, 2.45) is 23.7 Å². The first kappa shape index (κ1) is 24.4. The molecule has 192 valence electrons. The van der Waals surface area contributed by atoms with Crippen LogP contribution in [0.1, 0.15) is 59.3 Å². The van der Waals surface area contributed by atoms with Gasteiger partial charge in [-0.3, -0.25) is 15.0 Å². The smallest absolute Gasteiger partial charge is 0.308 e. The number of esters is 1. The Morgan fingerprint density at radius 3 is 2.56 bits per heavy atom. The summed E-state index contributed by atoms with van der Waals surface area (Å²) in [7, 11) is 2.06. The number of nitrogens with zero attached hydrogens (tertiary/aromatic N) is 2. The zero-order valence-corrected chi connectivity index (χ0v) is 20.8. The van der Waals surface area contributed by atoms with Gasteiger partial charge in [-0.1, -0.05) is 13.8 Å². The molecule has 1 amide bonds. The zero-order chi connectivity index (χ0) is 24.1. The van der Waals surface area contributed by atoms with Gasteiger partial charge in [0.25, 0.3) is 0 Å². The molecule has 6 rings (SSSR count). The van der Waals surface area contributed by atoms with Crippen LogP contribution >= 0.6 is 0 Å². The predicted molar refractivity (Wildman–Crippen MR) is 119 cm³/mol. The number of hydrogen-bond donors (Lipinski definition) is 1. The summed E-state index contributed by atoms with van der Waals surface area (Å²) in [6.45, 7) is 9.53. The Morgan fingerprint density at radius 1 is 1.03 bits per heavy atom. The Labute approximate surface area is 201 Å². The number of fused-ring (bicyclic) bond motifs is 2. The minimum absolute atomic E-state index is 0.00444. The van der Waals surface area contributed by atoms with Gasteiger partial charge in [0.05, 0.1) is 6.42 Å². The maximum Gasteiger partial charge on any atom is 0.308 e. The number of carbonyl (C=O) groups is 2. The maximum atomic E-state index is 12.7. The summed E-state index contributed by atoms with van der Waals surface area (Å²) in [5.74, 6) is -0.738. The summed E-state index contributed by atoms with van der Waals surface area (Å²) in [6.07, 6.45) is 2.39. The van der Waals surface area contributed by atoms with Crippen molar-refractivity contribution in [1.29, 1.82) is 0 Å². The second kappa shape index (κ2) is 9.29. The van der Waals surface area contributed by atoms with E-state index in [1.807, 2.05) is 18.9 Å². The van der Waals surface area contributed by atoms with Gasteiger partial charge in [-0.2, -0.15) is 0 Å². The molecule has 2 bridgehead atoms. The number of ether oxygens (including phenoxy) is 3. The summed E-state index contributed by atoms with van der Waals surface area (Å²) in [5, 5.41) is 1.90. The number of rotatable bonds is 5. The van der Waals surface area contributed by atoms with Crippen molar-refractivity contribution in [3.8, 4) is 0 Å². The molecule has 1 aliphatic carbocycles. The minimum Gasteiger partial charge on any atom is -0.435 e. The van der Waals surface area contributed by atoms with E-state index in [1.165, 1.54) is 0 Å². The summed E-state index contributed by atoms with van der Waals surface area (Å²) < 4.78 is 18.3. The van der Waals surface area contributed by atoms with Crippen LogP contribution in [-0.4, -0.2) is 79.0 Å². The Balaban J connectivity index is 1.19. The first-order valence-electron chi connectivity index (χ1n) is 12.8. The summed E-state index contributed by atoms with van der Waals surface area (Å²) in [4.78, 5) is 39.1. The highest BCUT2D eigenvalue weighted by molar-refractivity contribution is 5.80. The average molecular weight is 482 g/mol. The number of hydrogen-bond acceptors (Lipinski definition) is 9. The lowest BCUT2D eigenvalue weighted by molar-refractivity contribution is -0.576. The predicted octanol–water partition coefficient (Wildman–Crippen LogP) is 1.80. The van der Waals surface area contributed by atoms with Crippen molar-refractivity contribution >= 4 is 11.9 Å². The van der Waals surface area contributed by atoms with Crippen LogP contribution in [0.5, 0.6) is 0 Å². The first-order valence-corrected chi connectivity index (χ1v) is 12.8. The zero-order valence-electron chi connectivity index (χ0n) is 20.8. The van der Waals surface area contributed by atoms with Crippen molar-refractivity contribution in [2.45, 2.75) is 83.3 Å². The largest absolute Gasteiger partial charge is 0.435 e. The Morgan fingerprint density at radius 2 is 1.79 bits per heavy atom. The lowest BCUT2D eigenvalue weighted by Gasteiger charge is -2.59. The highest BCUT2D eigenvalue weighted by atomic mass is 17.3. The highest BCUT2D eigenvalue weighted by Gasteiger charge is 2.69. The number of piperazine rings is 1. The summed E-state index contributed by atoms with van der Waals surface area (Å²) in [5.41, 5.74) is 2.20. The number of nitrogens with one attached hydrogen (secondary N) is 1. The van der Waals surface area contributed by atoms with Gasteiger partial charge < -0.3 is 19.1 Å². The molecule has 10 nitrogen and oxygen atoms in total. The number of amides is 1. The van der Waals surface area contributed by atoms with Gasteiger partial charge in [0.2, 0.25) is 18.0 Å². The standard InChI is InChI=1S/C24H39N3O7/c1-15-5-6-18-16(2)21(31-22-24(18)17(15)9-10-23(3,32-22)33-34-24)30-20(29)8-7-19(28)25-27-13-11-26(4)12-14-27/h15-18,21-22H,5-14H2,1-4H3,(H,25,28)/t15-,16-,17-,18-,21-,22-,23-,24-/m1/s1.